The zero-order valence-corrected chi connectivity index (χ0v) is 19.9. The van der Waals surface area contributed by atoms with E-state index in [9.17, 15) is 0 Å². The lowest BCUT2D eigenvalue weighted by Crippen LogP contribution is -2.00. The van der Waals surface area contributed by atoms with Crippen molar-refractivity contribution in [2.45, 2.75) is 19.8 Å². The van der Waals surface area contributed by atoms with Crippen LogP contribution < -0.4 is 5.32 Å². The van der Waals surface area contributed by atoms with Gasteiger partial charge in [0.2, 0.25) is 0 Å². The highest BCUT2D eigenvalue weighted by molar-refractivity contribution is 5.99. The van der Waals surface area contributed by atoms with Gasteiger partial charge < -0.3 is 14.9 Å². The highest BCUT2D eigenvalue weighted by Gasteiger charge is 2.24. The number of nitrogens with one attached hydrogen (secondary N) is 3. The van der Waals surface area contributed by atoms with Gasteiger partial charge in [-0.3, -0.25) is 10.1 Å². The van der Waals surface area contributed by atoms with Gasteiger partial charge in [0.25, 0.3) is 0 Å². The number of hydrogen-bond acceptors (Lipinski definition) is 4. The molecular formula is C29H25N7. The van der Waals surface area contributed by atoms with E-state index in [1.54, 1.807) is 0 Å². The van der Waals surface area contributed by atoms with E-state index in [4.69, 9.17) is 0 Å². The fourth-order valence-corrected chi connectivity index (χ4v) is 4.83. The molecule has 2 aromatic carbocycles. The monoisotopic (exact) mass is 471 g/mol. The average molecular weight is 472 g/mol. The van der Waals surface area contributed by atoms with Crippen LogP contribution in [0.5, 0.6) is 0 Å². The summed E-state index contributed by atoms with van der Waals surface area (Å²) in [6.07, 6.45) is 10.1. The second-order valence-corrected chi connectivity index (χ2v) is 9.56. The summed E-state index contributed by atoms with van der Waals surface area (Å²) in [4.78, 5) is 12.4. The molecule has 0 bridgehead atoms. The Hall–Kier alpha value is -4.65. The smallest absolute Gasteiger partial charge is 0.116 e. The number of nitrogens with zero attached hydrogens (tertiary/aromatic N) is 4. The van der Waals surface area contributed by atoms with Crippen molar-refractivity contribution < 1.29 is 0 Å². The summed E-state index contributed by atoms with van der Waals surface area (Å²) in [5.74, 6) is 0.591. The molecular weight excluding hydrogens is 446 g/mol. The van der Waals surface area contributed by atoms with Gasteiger partial charge in [0.15, 0.2) is 0 Å². The van der Waals surface area contributed by atoms with Crippen molar-refractivity contribution in [3.05, 3.63) is 91.4 Å². The van der Waals surface area contributed by atoms with E-state index in [1.165, 1.54) is 12.8 Å². The Labute approximate surface area is 207 Å². The first-order chi connectivity index (χ1) is 17.6. The van der Waals surface area contributed by atoms with Crippen molar-refractivity contribution in [2.24, 2.45) is 5.92 Å². The van der Waals surface area contributed by atoms with E-state index in [1.807, 2.05) is 31.8 Å². The molecule has 7 rings (SSSR count). The van der Waals surface area contributed by atoms with Crippen molar-refractivity contribution in [3.8, 4) is 28.2 Å². The number of hydrogen-bond donors (Lipinski definition) is 3. The minimum atomic E-state index is 0.591. The summed E-state index contributed by atoms with van der Waals surface area (Å²) < 4.78 is 2.06. The number of rotatable bonds is 6. The largest absolute Gasteiger partial charge is 0.358 e. The minimum Gasteiger partial charge on any atom is -0.358 e. The van der Waals surface area contributed by atoms with Crippen molar-refractivity contribution in [1.29, 1.82) is 0 Å². The van der Waals surface area contributed by atoms with Gasteiger partial charge in [0.05, 0.1) is 40.8 Å². The molecule has 0 atom stereocenters. The van der Waals surface area contributed by atoms with Crippen LogP contribution >= 0.6 is 0 Å². The van der Waals surface area contributed by atoms with Crippen LogP contribution in [0.25, 0.3) is 50.0 Å². The van der Waals surface area contributed by atoms with Crippen LogP contribution in [0.3, 0.4) is 0 Å². The van der Waals surface area contributed by atoms with Crippen LogP contribution in [-0.2, 0) is 0 Å². The number of benzene rings is 2. The lowest BCUT2D eigenvalue weighted by Gasteiger charge is -2.10. The third-order valence-electron chi connectivity index (χ3n) is 6.90. The molecule has 7 nitrogen and oxygen atoms in total. The van der Waals surface area contributed by atoms with Gasteiger partial charge >= 0.3 is 0 Å². The van der Waals surface area contributed by atoms with Gasteiger partial charge in [-0.15, -0.1) is 0 Å². The number of pyridine rings is 1. The molecule has 6 aromatic rings. The van der Waals surface area contributed by atoms with E-state index in [2.05, 4.69) is 90.1 Å². The van der Waals surface area contributed by atoms with E-state index < -0.39 is 0 Å². The van der Waals surface area contributed by atoms with Crippen LogP contribution in [0.4, 0.5) is 5.69 Å². The Morgan fingerprint density at radius 3 is 2.78 bits per heavy atom. The third-order valence-corrected chi connectivity index (χ3v) is 6.90. The summed E-state index contributed by atoms with van der Waals surface area (Å²) in [6.45, 7) is 6.18. The third kappa shape index (κ3) is 3.56. The second kappa shape index (κ2) is 7.95. The molecule has 4 aromatic heterocycles. The Morgan fingerprint density at radius 1 is 1.03 bits per heavy atom. The predicted octanol–water partition coefficient (Wildman–Crippen LogP) is 6.60. The topological polar surface area (TPSA) is 87.2 Å². The number of H-pyrrole nitrogens is 2. The first-order valence-electron chi connectivity index (χ1n) is 12.1. The van der Waals surface area contributed by atoms with Gasteiger partial charge in [-0.25, -0.2) is 4.98 Å². The summed E-state index contributed by atoms with van der Waals surface area (Å²) >= 11 is 0. The molecule has 0 amide bonds. The van der Waals surface area contributed by atoms with Crippen LogP contribution in [0.1, 0.15) is 18.5 Å². The number of aromatic nitrogens is 6. The van der Waals surface area contributed by atoms with E-state index in [0.29, 0.717) is 5.92 Å². The molecule has 0 radical (unpaired) electrons. The molecule has 7 heteroatoms. The van der Waals surface area contributed by atoms with Crippen molar-refractivity contribution in [3.63, 3.8) is 0 Å². The molecule has 176 valence electrons. The molecule has 1 fully saturated rings. The first kappa shape index (κ1) is 20.7. The lowest BCUT2D eigenvalue weighted by molar-refractivity contribution is 1.02. The summed E-state index contributed by atoms with van der Waals surface area (Å²) in [6, 6.07) is 16.9. The number of anilines is 1. The van der Waals surface area contributed by atoms with Gasteiger partial charge in [0, 0.05) is 39.9 Å². The van der Waals surface area contributed by atoms with Crippen molar-refractivity contribution >= 4 is 27.5 Å². The van der Waals surface area contributed by atoms with Crippen LogP contribution in [0.2, 0.25) is 0 Å². The quantitative estimate of drug-likeness (QED) is 0.255. The molecule has 36 heavy (non-hydrogen) atoms. The van der Waals surface area contributed by atoms with Gasteiger partial charge in [-0.05, 0) is 67.6 Å². The summed E-state index contributed by atoms with van der Waals surface area (Å²) in [5, 5.41) is 13.5. The highest BCUT2D eigenvalue weighted by Crippen LogP contribution is 2.37. The lowest BCUT2D eigenvalue weighted by atomic mass is 10.0. The van der Waals surface area contributed by atoms with Gasteiger partial charge in [0.1, 0.15) is 5.69 Å². The van der Waals surface area contributed by atoms with Crippen molar-refractivity contribution in [2.75, 3.05) is 5.32 Å². The molecule has 1 saturated carbocycles. The normalized spacial score (nSPS) is 13.5. The standard InChI is InChI=1S/C29H25N7/c1-17-15-36(16-31-17)28-5-3-4-25-23(28)12-27(33-25)29-24-11-20(8-9-26(24)34-35-29)21-10-22(14-30-13-21)32-18(2)19-6-7-19/h3-5,8-16,19,32-33H,2,6-7H2,1H3,(H,34,35). The Balaban J connectivity index is 1.28. The molecule has 0 spiro atoms. The minimum absolute atomic E-state index is 0.591. The molecule has 1 aliphatic carbocycles. The zero-order valence-electron chi connectivity index (χ0n) is 19.9. The fourth-order valence-electron chi connectivity index (χ4n) is 4.83. The van der Waals surface area contributed by atoms with Crippen LogP contribution in [-0.4, -0.2) is 29.7 Å². The summed E-state index contributed by atoms with van der Waals surface area (Å²) in [5.41, 5.74) is 10.1. The molecule has 0 aliphatic heterocycles. The summed E-state index contributed by atoms with van der Waals surface area (Å²) in [7, 11) is 0. The van der Waals surface area contributed by atoms with Crippen LogP contribution in [0, 0.1) is 12.8 Å². The number of allylic oxidation sites excluding steroid dienone is 1. The van der Waals surface area contributed by atoms with Crippen LogP contribution in [0.15, 0.2) is 85.7 Å². The van der Waals surface area contributed by atoms with Gasteiger partial charge in [-0.1, -0.05) is 18.7 Å². The maximum absolute atomic E-state index is 4.67. The molecule has 4 heterocycles. The van der Waals surface area contributed by atoms with Crippen molar-refractivity contribution in [1.82, 2.24) is 29.7 Å². The fraction of sp³-hybridized carbons (Fsp3) is 0.138. The molecule has 1 aliphatic rings. The van der Waals surface area contributed by atoms with Gasteiger partial charge in [-0.2, -0.15) is 5.10 Å². The zero-order chi connectivity index (χ0) is 24.2. The number of aryl methyl sites for hydroxylation is 1. The maximum atomic E-state index is 4.67. The van der Waals surface area contributed by atoms with E-state index in [-0.39, 0.29) is 0 Å². The Morgan fingerprint density at radius 2 is 1.94 bits per heavy atom. The second-order valence-electron chi connectivity index (χ2n) is 9.56. The SMILES string of the molecule is C=C(Nc1cncc(-c2ccc3[nH]nc(-c4cc5c(-n6cnc(C)c6)cccc5[nH]4)c3c2)c1)C1CC1. The molecule has 0 saturated heterocycles. The number of aromatic amines is 2. The van der Waals surface area contributed by atoms with E-state index in [0.717, 1.165) is 67.1 Å². The number of fused-ring (bicyclic) bond motifs is 2. The van der Waals surface area contributed by atoms with E-state index >= 15 is 0 Å². The molecule has 3 N–H and O–H groups in total. The Kier molecular flexibility index (Phi) is 4.57. The first-order valence-corrected chi connectivity index (χ1v) is 12.1. The maximum Gasteiger partial charge on any atom is 0.116 e. The highest BCUT2D eigenvalue weighted by atomic mass is 15.1. The predicted molar refractivity (Wildman–Crippen MR) is 144 cm³/mol. The average Bonchev–Trinajstić information content (AvgIpc) is 3.30. The molecule has 0 unspecified atom stereocenters. The Bertz CT molecular complexity index is 1760. The number of imidazole rings is 1.